The lowest BCUT2D eigenvalue weighted by atomic mass is 10.1. The minimum absolute atomic E-state index is 0.203. The van der Waals surface area contributed by atoms with Gasteiger partial charge in [0.25, 0.3) is 0 Å². The summed E-state index contributed by atoms with van der Waals surface area (Å²) in [7, 11) is 0. The van der Waals surface area contributed by atoms with Gasteiger partial charge in [-0.15, -0.1) is 0 Å². The van der Waals surface area contributed by atoms with Gasteiger partial charge in [0.1, 0.15) is 6.04 Å². The molecule has 0 saturated carbocycles. The van der Waals surface area contributed by atoms with Crippen LogP contribution in [0.4, 0.5) is 0 Å². The van der Waals surface area contributed by atoms with Crippen molar-refractivity contribution in [1.82, 2.24) is 15.1 Å². The Balaban J connectivity index is 2.80. The van der Waals surface area contributed by atoms with Crippen LogP contribution in [-0.2, 0) is 4.79 Å². The van der Waals surface area contributed by atoms with Gasteiger partial charge in [0.2, 0.25) is 0 Å². The minimum atomic E-state index is -0.852. The smallest absolute Gasteiger partial charge is 0.322 e. The fourth-order valence-corrected chi connectivity index (χ4v) is 1.78. The number of nitrogens with zero attached hydrogens (tertiary/aromatic N) is 2. The van der Waals surface area contributed by atoms with Gasteiger partial charge >= 0.3 is 5.97 Å². The van der Waals surface area contributed by atoms with E-state index in [1.165, 1.54) is 0 Å². The van der Waals surface area contributed by atoms with Crippen molar-refractivity contribution in [3.05, 3.63) is 16.0 Å². The molecule has 0 aliphatic rings. The van der Waals surface area contributed by atoms with Gasteiger partial charge in [-0.05, 0) is 36.1 Å². The fraction of sp³-hybridized carbons (Fsp3) is 0.556. The molecule has 0 amide bonds. The SMILES string of the molecule is CCNC(C(=O)O)C(C)n1cc(I)cn1. The van der Waals surface area contributed by atoms with E-state index in [1.54, 1.807) is 10.9 Å². The van der Waals surface area contributed by atoms with Crippen LogP contribution in [0.15, 0.2) is 12.4 Å². The van der Waals surface area contributed by atoms with E-state index in [4.69, 9.17) is 5.11 Å². The number of aliphatic carboxylic acids is 1. The molecule has 0 aromatic carbocycles. The van der Waals surface area contributed by atoms with Crippen LogP contribution in [0, 0.1) is 3.57 Å². The molecular weight excluding hydrogens is 309 g/mol. The van der Waals surface area contributed by atoms with Gasteiger partial charge in [-0.3, -0.25) is 9.48 Å². The van der Waals surface area contributed by atoms with Crippen molar-refractivity contribution in [2.45, 2.75) is 25.9 Å². The highest BCUT2D eigenvalue weighted by Gasteiger charge is 2.25. The van der Waals surface area contributed by atoms with E-state index in [-0.39, 0.29) is 6.04 Å². The Hall–Kier alpha value is -0.630. The van der Waals surface area contributed by atoms with Gasteiger partial charge in [0.15, 0.2) is 0 Å². The highest BCUT2D eigenvalue weighted by atomic mass is 127. The average Bonchev–Trinajstić information content (AvgIpc) is 2.59. The first-order valence-corrected chi connectivity index (χ1v) is 5.80. The Morgan fingerprint density at radius 1 is 1.80 bits per heavy atom. The number of aromatic nitrogens is 2. The highest BCUT2D eigenvalue weighted by Crippen LogP contribution is 2.12. The van der Waals surface area contributed by atoms with E-state index in [0.29, 0.717) is 6.54 Å². The molecule has 0 aliphatic heterocycles. The second kappa shape index (κ2) is 5.45. The van der Waals surface area contributed by atoms with Gasteiger partial charge in [-0.1, -0.05) is 6.92 Å². The Labute approximate surface area is 102 Å². The summed E-state index contributed by atoms with van der Waals surface area (Å²) in [6, 6.07) is -0.809. The number of carboxylic acids is 1. The zero-order valence-corrected chi connectivity index (χ0v) is 10.8. The Kier molecular flexibility index (Phi) is 4.52. The van der Waals surface area contributed by atoms with Crippen LogP contribution in [0.1, 0.15) is 19.9 Å². The molecule has 5 nitrogen and oxygen atoms in total. The Morgan fingerprint density at radius 2 is 2.47 bits per heavy atom. The third-order valence-corrected chi connectivity index (χ3v) is 2.72. The van der Waals surface area contributed by atoms with Crippen molar-refractivity contribution in [2.75, 3.05) is 6.54 Å². The number of hydrogen-bond donors (Lipinski definition) is 2. The van der Waals surface area contributed by atoms with Gasteiger partial charge in [-0.2, -0.15) is 5.10 Å². The predicted molar refractivity (Wildman–Crippen MR) is 64.8 cm³/mol. The van der Waals surface area contributed by atoms with E-state index in [9.17, 15) is 4.79 Å². The monoisotopic (exact) mass is 323 g/mol. The molecule has 2 atom stereocenters. The normalized spacial score (nSPS) is 14.9. The van der Waals surface area contributed by atoms with Crippen molar-refractivity contribution in [3.8, 4) is 0 Å². The molecule has 0 saturated heterocycles. The molecule has 0 radical (unpaired) electrons. The summed E-state index contributed by atoms with van der Waals surface area (Å²) in [6.07, 6.45) is 3.54. The van der Waals surface area contributed by atoms with Crippen LogP contribution in [0.5, 0.6) is 0 Å². The zero-order valence-electron chi connectivity index (χ0n) is 8.64. The van der Waals surface area contributed by atoms with Crippen molar-refractivity contribution < 1.29 is 9.90 Å². The number of carboxylic acid groups (broad SMARTS) is 1. The van der Waals surface area contributed by atoms with Crippen molar-refractivity contribution in [1.29, 1.82) is 0 Å². The summed E-state index contributed by atoms with van der Waals surface area (Å²) < 4.78 is 2.67. The van der Waals surface area contributed by atoms with Gasteiger partial charge < -0.3 is 10.4 Å². The molecule has 1 rings (SSSR count). The van der Waals surface area contributed by atoms with E-state index in [2.05, 4.69) is 33.0 Å². The quantitative estimate of drug-likeness (QED) is 0.797. The number of carbonyl (C=O) groups is 1. The first kappa shape index (κ1) is 12.4. The summed E-state index contributed by atoms with van der Waals surface area (Å²) in [6.45, 7) is 4.35. The minimum Gasteiger partial charge on any atom is -0.480 e. The van der Waals surface area contributed by atoms with Gasteiger partial charge in [0, 0.05) is 6.20 Å². The molecular formula is C9H14IN3O2. The highest BCUT2D eigenvalue weighted by molar-refractivity contribution is 14.1. The number of hydrogen-bond acceptors (Lipinski definition) is 3. The summed E-state index contributed by atoms with van der Waals surface area (Å²) >= 11 is 2.14. The average molecular weight is 323 g/mol. The van der Waals surface area contributed by atoms with Gasteiger partial charge in [0.05, 0.1) is 15.8 Å². The largest absolute Gasteiger partial charge is 0.480 e. The standard InChI is InChI=1S/C9H14IN3O2/c1-3-11-8(9(14)15)6(2)13-5-7(10)4-12-13/h4-6,8,11H,3H2,1-2H3,(H,14,15). The molecule has 6 heteroatoms. The molecule has 84 valence electrons. The lowest BCUT2D eigenvalue weighted by Gasteiger charge is -2.20. The summed E-state index contributed by atoms with van der Waals surface area (Å²) in [4.78, 5) is 11.0. The molecule has 1 heterocycles. The van der Waals surface area contributed by atoms with Crippen LogP contribution in [0.25, 0.3) is 0 Å². The fourth-order valence-electron chi connectivity index (χ4n) is 1.37. The molecule has 15 heavy (non-hydrogen) atoms. The summed E-state index contributed by atoms with van der Waals surface area (Å²) in [5.41, 5.74) is 0. The van der Waals surface area contributed by atoms with Crippen LogP contribution in [0.2, 0.25) is 0 Å². The lowest BCUT2D eigenvalue weighted by molar-refractivity contribution is -0.140. The maximum atomic E-state index is 11.0. The predicted octanol–water partition coefficient (Wildman–Crippen LogP) is 1.11. The van der Waals surface area contributed by atoms with Crippen molar-refractivity contribution in [2.24, 2.45) is 0 Å². The molecule has 2 N–H and O–H groups in total. The summed E-state index contributed by atoms with van der Waals surface area (Å²) in [5, 5.41) is 16.1. The Bertz CT molecular complexity index is 340. The third-order valence-electron chi connectivity index (χ3n) is 2.16. The van der Waals surface area contributed by atoms with E-state index < -0.39 is 12.0 Å². The third kappa shape index (κ3) is 3.16. The molecule has 0 fully saturated rings. The number of halogens is 1. The van der Waals surface area contributed by atoms with Crippen LogP contribution in [-0.4, -0.2) is 33.4 Å². The van der Waals surface area contributed by atoms with E-state index in [1.807, 2.05) is 20.0 Å². The zero-order chi connectivity index (χ0) is 11.4. The number of likely N-dealkylation sites (N-methyl/N-ethyl adjacent to an activating group) is 1. The Morgan fingerprint density at radius 3 is 2.87 bits per heavy atom. The lowest BCUT2D eigenvalue weighted by Crippen LogP contribution is -2.42. The maximum absolute atomic E-state index is 11.0. The second-order valence-corrected chi connectivity index (χ2v) is 4.50. The van der Waals surface area contributed by atoms with Crippen molar-refractivity contribution in [3.63, 3.8) is 0 Å². The molecule has 0 bridgehead atoms. The molecule has 1 aromatic heterocycles. The van der Waals surface area contributed by atoms with E-state index >= 15 is 0 Å². The molecule has 0 spiro atoms. The summed E-state index contributed by atoms with van der Waals surface area (Å²) in [5.74, 6) is -0.852. The van der Waals surface area contributed by atoms with E-state index in [0.717, 1.165) is 3.57 Å². The van der Waals surface area contributed by atoms with Crippen LogP contribution >= 0.6 is 22.6 Å². The first-order chi connectivity index (χ1) is 7.06. The number of nitrogens with one attached hydrogen (secondary N) is 1. The van der Waals surface area contributed by atoms with Crippen LogP contribution in [0.3, 0.4) is 0 Å². The molecule has 0 aliphatic carbocycles. The van der Waals surface area contributed by atoms with Gasteiger partial charge in [-0.25, -0.2) is 0 Å². The first-order valence-electron chi connectivity index (χ1n) is 4.72. The number of rotatable bonds is 5. The van der Waals surface area contributed by atoms with Crippen LogP contribution < -0.4 is 5.32 Å². The molecule has 2 unspecified atom stereocenters. The topological polar surface area (TPSA) is 67.2 Å². The second-order valence-electron chi connectivity index (χ2n) is 3.25. The van der Waals surface area contributed by atoms with Crippen molar-refractivity contribution >= 4 is 28.6 Å². The maximum Gasteiger partial charge on any atom is 0.322 e. The molecule has 1 aromatic rings.